The summed E-state index contributed by atoms with van der Waals surface area (Å²) in [6.45, 7) is 4.03. The Labute approximate surface area is 98.0 Å². The highest BCUT2D eigenvalue weighted by Crippen LogP contribution is 2.28. The molecule has 4 nitrogen and oxygen atoms in total. The average Bonchev–Trinajstić information content (AvgIpc) is 2.27. The number of rotatable bonds is 3. The molecular weight excluding hydrogens is 202 g/mol. The van der Waals surface area contributed by atoms with Gasteiger partial charge < -0.3 is 15.1 Å². The van der Waals surface area contributed by atoms with E-state index in [1.165, 1.54) is 0 Å². The molecule has 1 N–H and O–H groups in total. The second kappa shape index (κ2) is 5.15. The normalized spacial score (nSPS) is 30.7. The Morgan fingerprint density at radius 3 is 3.00 bits per heavy atom. The zero-order chi connectivity index (χ0) is 11.5. The van der Waals surface area contributed by atoms with Gasteiger partial charge in [-0.3, -0.25) is 4.79 Å². The van der Waals surface area contributed by atoms with Crippen molar-refractivity contribution in [3.63, 3.8) is 0 Å². The lowest BCUT2D eigenvalue weighted by atomic mass is 9.84. The molecule has 0 radical (unpaired) electrons. The summed E-state index contributed by atoms with van der Waals surface area (Å²) in [5, 5.41) is 3.44. The molecule has 1 amide bonds. The van der Waals surface area contributed by atoms with E-state index < -0.39 is 0 Å². The monoisotopic (exact) mass is 225 g/mol. The Balaban J connectivity index is 1.97. The average molecular weight is 225 g/mol. The molecule has 0 spiro atoms. The first-order chi connectivity index (χ1) is 7.68. The summed E-state index contributed by atoms with van der Waals surface area (Å²) in [7, 11) is 4.13. The van der Waals surface area contributed by atoms with Gasteiger partial charge in [0.25, 0.3) is 0 Å². The van der Waals surface area contributed by atoms with Crippen molar-refractivity contribution >= 4 is 5.91 Å². The lowest BCUT2D eigenvalue weighted by Crippen LogP contribution is -2.56. The van der Waals surface area contributed by atoms with Crippen LogP contribution in [-0.4, -0.2) is 62.0 Å². The largest absolute Gasteiger partial charge is 0.338 e. The van der Waals surface area contributed by atoms with Crippen molar-refractivity contribution < 1.29 is 4.79 Å². The topological polar surface area (TPSA) is 35.6 Å². The van der Waals surface area contributed by atoms with E-state index >= 15 is 0 Å². The lowest BCUT2D eigenvalue weighted by Gasteiger charge is -2.44. The summed E-state index contributed by atoms with van der Waals surface area (Å²) in [5.74, 6) is 1.05. The number of nitrogens with zero attached hydrogens (tertiary/aromatic N) is 2. The molecule has 92 valence electrons. The maximum Gasteiger partial charge on any atom is 0.222 e. The molecule has 2 saturated heterocycles. The summed E-state index contributed by atoms with van der Waals surface area (Å²) in [4.78, 5) is 16.2. The highest BCUT2D eigenvalue weighted by molar-refractivity contribution is 5.77. The van der Waals surface area contributed by atoms with Crippen LogP contribution in [0.25, 0.3) is 0 Å². The van der Waals surface area contributed by atoms with E-state index in [1.54, 1.807) is 0 Å². The third-order valence-electron chi connectivity index (χ3n) is 3.81. The molecule has 2 atom stereocenters. The molecule has 16 heavy (non-hydrogen) atoms. The number of piperidine rings is 2. The van der Waals surface area contributed by atoms with Gasteiger partial charge in [0.15, 0.2) is 0 Å². The van der Waals surface area contributed by atoms with Crippen LogP contribution in [0.3, 0.4) is 0 Å². The van der Waals surface area contributed by atoms with Crippen molar-refractivity contribution in [3.05, 3.63) is 0 Å². The van der Waals surface area contributed by atoms with Gasteiger partial charge in [-0.15, -0.1) is 0 Å². The van der Waals surface area contributed by atoms with Gasteiger partial charge in [-0.2, -0.15) is 0 Å². The molecule has 2 heterocycles. The molecule has 2 aliphatic heterocycles. The van der Waals surface area contributed by atoms with E-state index in [9.17, 15) is 4.79 Å². The Bertz CT molecular complexity index is 255. The van der Waals surface area contributed by atoms with E-state index in [0.717, 1.165) is 45.4 Å². The molecule has 2 fully saturated rings. The van der Waals surface area contributed by atoms with Crippen LogP contribution in [0.2, 0.25) is 0 Å². The number of likely N-dealkylation sites (N-methyl/N-ethyl adjacent to an activating group) is 1. The number of likely N-dealkylation sites (tertiary alicyclic amines) is 1. The van der Waals surface area contributed by atoms with Gasteiger partial charge >= 0.3 is 0 Å². The Kier molecular flexibility index (Phi) is 3.82. The van der Waals surface area contributed by atoms with Gasteiger partial charge in [0.1, 0.15) is 0 Å². The minimum atomic E-state index is 0.366. The third kappa shape index (κ3) is 2.55. The number of fused-ring (bicyclic) bond motifs is 1. The first-order valence-electron chi connectivity index (χ1n) is 6.33. The number of amides is 1. The maximum absolute atomic E-state index is 11.9. The van der Waals surface area contributed by atoms with E-state index in [4.69, 9.17) is 0 Å². The van der Waals surface area contributed by atoms with Gasteiger partial charge in [0, 0.05) is 25.6 Å². The lowest BCUT2D eigenvalue weighted by molar-refractivity contribution is -0.139. The highest BCUT2D eigenvalue weighted by atomic mass is 16.2. The molecule has 2 rings (SSSR count). The van der Waals surface area contributed by atoms with Crippen LogP contribution in [0.5, 0.6) is 0 Å². The van der Waals surface area contributed by atoms with Crippen molar-refractivity contribution in [2.75, 3.05) is 40.3 Å². The summed E-state index contributed by atoms with van der Waals surface area (Å²) in [5.41, 5.74) is 0. The first-order valence-corrected chi connectivity index (χ1v) is 6.33. The van der Waals surface area contributed by atoms with Crippen molar-refractivity contribution in [1.29, 1.82) is 0 Å². The number of hydrogen-bond acceptors (Lipinski definition) is 3. The quantitative estimate of drug-likeness (QED) is 0.742. The molecule has 4 heteroatoms. The summed E-state index contributed by atoms with van der Waals surface area (Å²) < 4.78 is 0. The van der Waals surface area contributed by atoms with Crippen molar-refractivity contribution in [2.45, 2.75) is 25.3 Å². The van der Waals surface area contributed by atoms with Crippen LogP contribution in [0.15, 0.2) is 0 Å². The third-order valence-corrected chi connectivity index (χ3v) is 3.81. The van der Waals surface area contributed by atoms with Crippen molar-refractivity contribution in [3.8, 4) is 0 Å². The number of hydrogen-bond donors (Lipinski definition) is 1. The SMILES string of the molecule is CN(C)CCN1C(=O)CC[C@H]2CNCC[C@H]21. The molecule has 0 unspecified atom stereocenters. The number of nitrogens with one attached hydrogen (secondary N) is 1. The van der Waals surface area contributed by atoms with Crippen LogP contribution >= 0.6 is 0 Å². The molecule has 0 aromatic heterocycles. The smallest absolute Gasteiger partial charge is 0.222 e. The Morgan fingerprint density at radius 2 is 2.25 bits per heavy atom. The van der Waals surface area contributed by atoms with Gasteiger partial charge in [-0.1, -0.05) is 0 Å². The first kappa shape index (κ1) is 11.9. The highest BCUT2D eigenvalue weighted by Gasteiger charge is 2.36. The van der Waals surface area contributed by atoms with E-state index in [0.29, 0.717) is 17.9 Å². The molecule has 0 aliphatic carbocycles. The minimum Gasteiger partial charge on any atom is -0.338 e. The molecular formula is C12H23N3O. The summed E-state index contributed by atoms with van der Waals surface area (Å²) in [6, 6.07) is 0.502. The fraction of sp³-hybridized carbons (Fsp3) is 0.917. The Hall–Kier alpha value is -0.610. The van der Waals surface area contributed by atoms with Crippen LogP contribution < -0.4 is 5.32 Å². The maximum atomic E-state index is 11.9. The standard InChI is InChI=1S/C12H23N3O/c1-14(2)7-8-15-11-5-6-13-9-10(11)3-4-12(15)16/h10-11,13H,3-9H2,1-2H3/t10-,11+/m0/s1. The van der Waals surface area contributed by atoms with Crippen LogP contribution in [0, 0.1) is 5.92 Å². The summed E-state index contributed by atoms with van der Waals surface area (Å²) in [6.07, 6.45) is 2.95. The number of carbonyl (C=O) groups is 1. The second-order valence-electron chi connectivity index (χ2n) is 5.25. The predicted octanol–water partition coefficient (Wildman–Crippen LogP) is 0.149. The molecule has 0 aromatic rings. The van der Waals surface area contributed by atoms with Gasteiger partial charge in [-0.25, -0.2) is 0 Å². The molecule has 0 saturated carbocycles. The fourth-order valence-corrected chi connectivity index (χ4v) is 2.85. The number of carbonyl (C=O) groups excluding carboxylic acids is 1. The van der Waals surface area contributed by atoms with E-state index in [2.05, 4.69) is 29.2 Å². The summed E-state index contributed by atoms with van der Waals surface area (Å²) >= 11 is 0. The fourth-order valence-electron chi connectivity index (χ4n) is 2.85. The minimum absolute atomic E-state index is 0.366. The molecule has 2 aliphatic rings. The van der Waals surface area contributed by atoms with E-state index in [1.807, 2.05) is 0 Å². The van der Waals surface area contributed by atoms with Gasteiger partial charge in [0.05, 0.1) is 0 Å². The van der Waals surface area contributed by atoms with Gasteiger partial charge in [0.2, 0.25) is 5.91 Å². The second-order valence-corrected chi connectivity index (χ2v) is 5.25. The predicted molar refractivity (Wildman–Crippen MR) is 64.3 cm³/mol. The van der Waals surface area contributed by atoms with Crippen molar-refractivity contribution in [1.82, 2.24) is 15.1 Å². The van der Waals surface area contributed by atoms with Crippen LogP contribution in [0.4, 0.5) is 0 Å². The Morgan fingerprint density at radius 1 is 1.44 bits per heavy atom. The van der Waals surface area contributed by atoms with E-state index in [-0.39, 0.29) is 0 Å². The van der Waals surface area contributed by atoms with Gasteiger partial charge in [-0.05, 0) is 45.9 Å². The molecule has 0 bridgehead atoms. The van der Waals surface area contributed by atoms with Crippen LogP contribution in [-0.2, 0) is 4.79 Å². The van der Waals surface area contributed by atoms with Crippen molar-refractivity contribution in [2.24, 2.45) is 5.92 Å². The zero-order valence-corrected chi connectivity index (χ0v) is 10.4. The molecule has 0 aromatic carbocycles. The zero-order valence-electron chi connectivity index (χ0n) is 10.4. The van der Waals surface area contributed by atoms with Crippen LogP contribution in [0.1, 0.15) is 19.3 Å².